The largest absolute Gasteiger partial charge is 0.315 e. The van der Waals surface area contributed by atoms with E-state index in [2.05, 4.69) is 23.3 Å². The van der Waals surface area contributed by atoms with Gasteiger partial charge in [0.2, 0.25) is 0 Å². The van der Waals surface area contributed by atoms with Crippen LogP contribution in [0.15, 0.2) is 18.5 Å². The molecule has 1 aliphatic heterocycles. The molecule has 2 heterocycles. The van der Waals surface area contributed by atoms with Crippen molar-refractivity contribution >= 4 is 0 Å². The molecule has 1 N–H and O–H groups in total. The summed E-state index contributed by atoms with van der Waals surface area (Å²) in [7, 11) is 0. The number of hydrogen-bond acceptors (Lipinski definition) is 2. The van der Waals surface area contributed by atoms with Gasteiger partial charge >= 0.3 is 0 Å². The second-order valence-electron chi connectivity index (χ2n) is 3.34. The zero-order valence-corrected chi connectivity index (χ0v) is 7.38. The fraction of sp³-hybridized carbons (Fsp3) is 0.500. The summed E-state index contributed by atoms with van der Waals surface area (Å²) in [4.78, 5) is 4.23. The first-order valence-corrected chi connectivity index (χ1v) is 4.54. The van der Waals surface area contributed by atoms with Gasteiger partial charge in [-0.15, -0.1) is 0 Å². The molecule has 1 aromatic rings. The number of rotatable bonds is 2. The van der Waals surface area contributed by atoms with E-state index in [1.54, 1.807) is 0 Å². The summed E-state index contributed by atoms with van der Waals surface area (Å²) in [5.74, 6) is 0.712. The minimum Gasteiger partial charge on any atom is -0.315 e. The Morgan fingerprint density at radius 1 is 1.50 bits per heavy atom. The van der Waals surface area contributed by atoms with Crippen LogP contribution in [-0.2, 0) is 6.42 Å². The van der Waals surface area contributed by atoms with Crippen LogP contribution in [0.2, 0.25) is 0 Å². The maximum Gasteiger partial charge on any atom is 0.0303 e. The van der Waals surface area contributed by atoms with E-state index < -0.39 is 0 Å². The summed E-state index contributed by atoms with van der Waals surface area (Å²) in [5, 5.41) is 3.27. The minimum atomic E-state index is 0.712. The van der Waals surface area contributed by atoms with E-state index in [9.17, 15) is 0 Å². The third kappa shape index (κ3) is 1.34. The van der Waals surface area contributed by atoms with Crippen molar-refractivity contribution in [1.29, 1.82) is 0 Å². The first-order valence-electron chi connectivity index (χ1n) is 4.54. The van der Waals surface area contributed by atoms with Gasteiger partial charge in [0.05, 0.1) is 0 Å². The molecule has 1 aliphatic rings. The Hall–Kier alpha value is -0.890. The summed E-state index contributed by atoms with van der Waals surface area (Å²) < 4.78 is 0. The van der Waals surface area contributed by atoms with Gasteiger partial charge in [-0.2, -0.15) is 0 Å². The third-order valence-electron chi connectivity index (χ3n) is 2.48. The molecule has 0 aromatic carbocycles. The molecule has 0 amide bonds. The topological polar surface area (TPSA) is 24.9 Å². The van der Waals surface area contributed by atoms with Gasteiger partial charge < -0.3 is 5.32 Å². The van der Waals surface area contributed by atoms with Crippen molar-refractivity contribution in [2.75, 3.05) is 13.1 Å². The lowest BCUT2D eigenvalue weighted by atomic mass is 9.94. The van der Waals surface area contributed by atoms with Crippen molar-refractivity contribution in [2.45, 2.75) is 19.3 Å². The van der Waals surface area contributed by atoms with Crippen LogP contribution in [0.25, 0.3) is 0 Å². The minimum absolute atomic E-state index is 0.712. The second-order valence-corrected chi connectivity index (χ2v) is 3.34. The maximum atomic E-state index is 4.23. The summed E-state index contributed by atoms with van der Waals surface area (Å²) >= 11 is 0. The Balaban J connectivity index is 2.19. The Morgan fingerprint density at radius 2 is 2.33 bits per heavy atom. The predicted molar refractivity (Wildman–Crippen MR) is 49.2 cm³/mol. The van der Waals surface area contributed by atoms with Crippen LogP contribution in [-0.4, -0.2) is 18.1 Å². The summed E-state index contributed by atoms with van der Waals surface area (Å²) in [6.45, 7) is 4.41. The standard InChI is InChI=1S/C10H14N2/c1-2-8-3-9(5-11-4-8)10-6-12-7-10/h3-5,10,12H,2,6-7H2,1H3. The average molecular weight is 162 g/mol. The second kappa shape index (κ2) is 3.23. The molecule has 1 aromatic heterocycles. The van der Waals surface area contributed by atoms with Gasteiger partial charge in [-0.05, 0) is 17.5 Å². The van der Waals surface area contributed by atoms with E-state index in [1.807, 2.05) is 12.4 Å². The number of nitrogens with zero attached hydrogens (tertiary/aromatic N) is 1. The fourth-order valence-corrected chi connectivity index (χ4v) is 1.45. The summed E-state index contributed by atoms with van der Waals surface area (Å²) in [6.07, 6.45) is 5.03. The molecule has 2 rings (SSSR count). The van der Waals surface area contributed by atoms with Crippen molar-refractivity contribution in [1.82, 2.24) is 10.3 Å². The number of aryl methyl sites for hydroxylation is 1. The summed E-state index contributed by atoms with van der Waals surface area (Å²) in [5.41, 5.74) is 2.74. The van der Waals surface area contributed by atoms with E-state index in [-0.39, 0.29) is 0 Å². The number of aromatic nitrogens is 1. The first-order chi connectivity index (χ1) is 5.90. The molecule has 1 fully saturated rings. The van der Waals surface area contributed by atoms with Crippen LogP contribution in [0.3, 0.4) is 0 Å². The molecule has 2 heteroatoms. The lowest BCUT2D eigenvalue weighted by Crippen LogP contribution is -2.39. The van der Waals surface area contributed by atoms with Crippen LogP contribution in [0.4, 0.5) is 0 Å². The highest BCUT2D eigenvalue weighted by molar-refractivity contribution is 5.24. The highest BCUT2D eigenvalue weighted by Gasteiger charge is 2.18. The smallest absolute Gasteiger partial charge is 0.0303 e. The molecule has 0 spiro atoms. The van der Waals surface area contributed by atoms with E-state index in [0.717, 1.165) is 19.5 Å². The van der Waals surface area contributed by atoms with Crippen molar-refractivity contribution < 1.29 is 0 Å². The van der Waals surface area contributed by atoms with E-state index in [0.29, 0.717) is 5.92 Å². The van der Waals surface area contributed by atoms with Crippen molar-refractivity contribution in [2.24, 2.45) is 0 Å². The third-order valence-corrected chi connectivity index (χ3v) is 2.48. The summed E-state index contributed by atoms with van der Waals surface area (Å²) in [6, 6.07) is 2.28. The fourth-order valence-electron chi connectivity index (χ4n) is 1.45. The normalized spacial score (nSPS) is 17.4. The zero-order chi connectivity index (χ0) is 8.39. The highest BCUT2D eigenvalue weighted by Crippen LogP contribution is 2.19. The molecule has 0 atom stereocenters. The van der Waals surface area contributed by atoms with Gasteiger partial charge in [-0.1, -0.05) is 13.0 Å². The molecule has 0 aliphatic carbocycles. The number of hydrogen-bond donors (Lipinski definition) is 1. The van der Waals surface area contributed by atoms with Crippen LogP contribution in [0, 0.1) is 0 Å². The zero-order valence-electron chi connectivity index (χ0n) is 7.38. The van der Waals surface area contributed by atoms with Crippen LogP contribution < -0.4 is 5.32 Å². The van der Waals surface area contributed by atoms with E-state index in [1.165, 1.54) is 11.1 Å². The number of nitrogens with one attached hydrogen (secondary N) is 1. The Bertz CT molecular complexity index is 266. The molecule has 0 saturated carbocycles. The maximum absolute atomic E-state index is 4.23. The molecule has 1 saturated heterocycles. The molecule has 0 unspecified atom stereocenters. The Morgan fingerprint density at radius 3 is 2.92 bits per heavy atom. The highest BCUT2D eigenvalue weighted by atomic mass is 14.9. The van der Waals surface area contributed by atoms with Crippen LogP contribution in [0.5, 0.6) is 0 Å². The van der Waals surface area contributed by atoms with Crippen LogP contribution >= 0.6 is 0 Å². The molecule has 2 nitrogen and oxygen atoms in total. The van der Waals surface area contributed by atoms with Gasteiger partial charge in [0.1, 0.15) is 0 Å². The van der Waals surface area contributed by atoms with Gasteiger partial charge in [-0.3, -0.25) is 4.98 Å². The van der Waals surface area contributed by atoms with E-state index >= 15 is 0 Å². The van der Waals surface area contributed by atoms with Crippen molar-refractivity contribution in [3.05, 3.63) is 29.6 Å². The Kier molecular flexibility index (Phi) is 2.09. The molecule has 64 valence electrons. The molecule has 0 radical (unpaired) electrons. The average Bonchev–Trinajstić information content (AvgIpc) is 2.02. The van der Waals surface area contributed by atoms with Gasteiger partial charge in [-0.25, -0.2) is 0 Å². The van der Waals surface area contributed by atoms with Crippen LogP contribution in [0.1, 0.15) is 24.0 Å². The van der Waals surface area contributed by atoms with Crippen molar-refractivity contribution in [3.8, 4) is 0 Å². The SMILES string of the molecule is CCc1cncc(C2CNC2)c1. The van der Waals surface area contributed by atoms with Gasteiger partial charge in [0, 0.05) is 31.4 Å². The van der Waals surface area contributed by atoms with Gasteiger partial charge in [0.15, 0.2) is 0 Å². The van der Waals surface area contributed by atoms with E-state index in [4.69, 9.17) is 0 Å². The van der Waals surface area contributed by atoms with Gasteiger partial charge in [0.25, 0.3) is 0 Å². The molecule has 0 bridgehead atoms. The molecular formula is C10H14N2. The van der Waals surface area contributed by atoms with Crippen molar-refractivity contribution in [3.63, 3.8) is 0 Å². The monoisotopic (exact) mass is 162 g/mol. The predicted octanol–water partition coefficient (Wildman–Crippen LogP) is 1.33. The first kappa shape index (κ1) is 7.74. The number of pyridine rings is 1. The Labute approximate surface area is 73.0 Å². The molecule has 12 heavy (non-hydrogen) atoms. The molecular weight excluding hydrogens is 148 g/mol. The lowest BCUT2D eigenvalue weighted by Gasteiger charge is -2.27. The lowest BCUT2D eigenvalue weighted by molar-refractivity contribution is 0.447. The quantitative estimate of drug-likeness (QED) is 0.709.